The van der Waals surface area contributed by atoms with Crippen LogP contribution in [-0.2, 0) is 14.3 Å². The Labute approximate surface area is 203 Å². The van der Waals surface area contributed by atoms with Crippen LogP contribution in [0.25, 0.3) is 5.76 Å². The highest BCUT2D eigenvalue weighted by atomic mass is 16.6. The minimum atomic E-state index is -0.727. The normalized spacial score (nSPS) is 21.9. The second-order valence-corrected chi connectivity index (χ2v) is 8.58. The van der Waals surface area contributed by atoms with Crippen molar-refractivity contribution < 1.29 is 33.6 Å². The lowest BCUT2D eigenvalue weighted by Crippen LogP contribution is -2.42. The van der Waals surface area contributed by atoms with Crippen LogP contribution in [0.1, 0.15) is 17.2 Å². The maximum absolute atomic E-state index is 13.3. The first-order valence-corrected chi connectivity index (χ1v) is 11.7. The van der Waals surface area contributed by atoms with E-state index in [9.17, 15) is 14.7 Å². The van der Waals surface area contributed by atoms with Gasteiger partial charge in [0.1, 0.15) is 24.7 Å². The summed E-state index contributed by atoms with van der Waals surface area (Å²) in [5, 5.41) is 11.3. The van der Waals surface area contributed by atoms with Crippen molar-refractivity contribution in [3.05, 3.63) is 59.2 Å². The smallest absolute Gasteiger partial charge is 0.295 e. The van der Waals surface area contributed by atoms with Gasteiger partial charge in [0, 0.05) is 31.7 Å². The summed E-state index contributed by atoms with van der Waals surface area (Å²) in [4.78, 5) is 30.2. The van der Waals surface area contributed by atoms with Gasteiger partial charge >= 0.3 is 0 Å². The van der Waals surface area contributed by atoms with Crippen molar-refractivity contribution in [3.63, 3.8) is 0 Å². The van der Waals surface area contributed by atoms with Gasteiger partial charge in [-0.15, -0.1) is 0 Å². The number of Topliss-reactive ketones (excluding diaryl/α,β-unsaturated/α-hetero) is 1. The molecule has 5 rings (SSSR count). The van der Waals surface area contributed by atoms with Crippen LogP contribution in [0.4, 0.5) is 0 Å². The first kappa shape index (κ1) is 23.2. The van der Waals surface area contributed by atoms with Gasteiger partial charge in [-0.1, -0.05) is 12.1 Å². The van der Waals surface area contributed by atoms with Crippen molar-refractivity contribution in [2.24, 2.45) is 0 Å². The zero-order valence-electron chi connectivity index (χ0n) is 19.6. The lowest BCUT2D eigenvalue weighted by molar-refractivity contribution is -0.140. The quantitative estimate of drug-likeness (QED) is 0.382. The minimum absolute atomic E-state index is 0.0545. The van der Waals surface area contributed by atoms with Crippen LogP contribution in [0.5, 0.6) is 17.2 Å². The number of methoxy groups -OCH3 is 1. The van der Waals surface area contributed by atoms with Gasteiger partial charge in [-0.25, -0.2) is 0 Å². The molecule has 0 aliphatic carbocycles. The van der Waals surface area contributed by atoms with Crippen molar-refractivity contribution in [2.45, 2.75) is 6.04 Å². The number of nitrogens with zero attached hydrogens (tertiary/aromatic N) is 2. The summed E-state index contributed by atoms with van der Waals surface area (Å²) in [7, 11) is 1.57. The molecule has 3 heterocycles. The summed E-state index contributed by atoms with van der Waals surface area (Å²) in [6.45, 7) is 4.63. The van der Waals surface area contributed by atoms with Crippen molar-refractivity contribution in [1.82, 2.24) is 9.80 Å². The van der Waals surface area contributed by atoms with E-state index in [1.165, 1.54) is 0 Å². The van der Waals surface area contributed by atoms with Crippen LogP contribution in [0.15, 0.2) is 48.0 Å². The number of likely N-dealkylation sites (tertiary alicyclic amines) is 1. The van der Waals surface area contributed by atoms with Crippen LogP contribution in [0.2, 0.25) is 0 Å². The van der Waals surface area contributed by atoms with E-state index in [1.54, 1.807) is 42.3 Å². The molecule has 35 heavy (non-hydrogen) atoms. The molecule has 0 bridgehead atoms. The fourth-order valence-electron chi connectivity index (χ4n) is 4.66. The van der Waals surface area contributed by atoms with Crippen molar-refractivity contribution >= 4 is 17.4 Å². The number of carbonyl (C=O) groups excluding carboxylic acids is 2. The van der Waals surface area contributed by atoms with E-state index >= 15 is 0 Å². The number of amides is 1. The number of aliphatic hydroxyl groups is 1. The SMILES string of the molecule is COc1ccc([C@@H]2/C(=C(\O)c3ccc4c(c3)OCCO4)C(=O)C(=O)N2CCN2CCOCC2)cc1. The van der Waals surface area contributed by atoms with Crippen LogP contribution in [-0.4, -0.2) is 86.3 Å². The van der Waals surface area contributed by atoms with E-state index in [0.29, 0.717) is 67.9 Å². The third-order valence-corrected chi connectivity index (χ3v) is 6.55. The number of carbonyl (C=O) groups is 2. The molecule has 1 amide bonds. The van der Waals surface area contributed by atoms with E-state index in [-0.39, 0.29) is 11.3 Å². The number of hydrogen-bond acceptors (Lipinski definition) is 8. The van der Waals surface area contributed by atoms with Gasteiger partial charge < -0.3 is 29.0 Å². The largest absolute Gasteiger partial charge is 0.507 e. The van der Waals surface area contributed by atoms with Gasteiger partial charge in [-0.2, -0.15) is 0 Å². The van der Waals surface area contributed by atoms with Gasteiger partial charge in [0.15, 0.2) is 11.5 Å². The third-order valence-electron chi connectivity index (χ3n) is 6.55. The lowest BCUT2D eigenvalue weighted by atomic mass is 9.95. The molecule has 1 atom stereocenters. The van der Waals surface area contributed by atoms with Gasteiger partial charge in [0.05, 0.1) is 31.9 Å². The van der Waals surface area contributed by atoms with Crippen LogP contribution < -0.4 is 14.2 Å². The van der Waals surface area contributed by atoms with Gasteiger partial charge in [-0.05, 0) is 35.9 Å². The Kier molecular flexibility index (Phi) is 6.61. The number of morpholine rings is 1. The van der Waals surface area contributed by atoms with E-state index in [1.807, 2.05) is 12.1 Å². The van der Waals surface area contributed by atoms with E-state index in [4.69, 9.17) is 18.9 Å². The van der Waals surface area contributed by atoms with Crippen molar-refractivity contribution in [1.29, 1.82) is 0 Å². The number of ketones is 1. The highest BCUT2D eigenvalue weighted by Crippen LogP contribution is 2.41. The molecule has 3 aliphatic heterocycles. The van der Waals surface area contributed by atoms with Crippen LogP contribution in [0.3, 0.4) is 0 Å². The summed E-state index contributed by atoms with van der Waals surface area (Å²) in [5.74, 6) is 0.146. The summed E-state index contributed by atoms with van der Waals surface area (Å²) >= 11 is 0. The second kappa shape index (κ2) is 9.97. The Morgan fingerprint density at radius 2 is 1.69 bits per heavy atom. The fraction of sp³-hybridized carbons (Fsp3) is 0.385. The van der Waals surface area contributed by atoms with Gasteiger partial charge in [0.2, 0.25) is 0 Å². The molecule has 1 N–H and O–H groups in total. The van der Waals surface area contributed by atoms with E-state index < -0.39 is 17.7 Å². The first-order chi connectivity index (χ1) is 17.1. The molecule has 2 aromatic carbocycles. The van der Waals surface area contributed by atoms with E-state index in [2.05, 4.69) is 4.90 Å². The molecule has 3 aliphatic rings. The second-order valence-electron chi connectivity index (χ2n) is 8.58. The predicted molar refractivity (Wildman–Crippen MR) is 127 cm³/mol. The monoisotopic (exact) mass is 480 g/mol. The van der Waals surface area contributed by atoms with Crippen molar-refractivity contribution in [2.75, 3.05) is 59.7 Å². The Bertz CT molecular complexity index is 1140. The number of hydrogen-bond donors (Lipinski definition) is 1. The topological polar surface area (TPSA) is 97.8 Å². The zero-order chi connectivity index (χ0) is 24.4. The van der Waals surface area contributed by atoms with Gasteiger partial charge in [0.25, 0.3) is 11.7 Å². The molecular formula is C26H28N2O7. The molecule has 9 heteroatoms. The maximum atomic E-state index is 13.3. The number of ether oxygens (including phenoxy) is 4. The molecule has 0 aromatic heterocycles. The summed E-state index contributed by atoms with van der Waals surface area (Å²) in [6, 6.07) is 11.5. The number of aliphatic hydroxyl groups excluding tert-OH is 1. The molecule has 184 valence electrons. The molecule has 2 fully saturated rings. The number of rotatable bonds is 6. The zero-order valence-corrected chi connectivity index (χ0v) is 19.6. The number of benzene rings is 2. The molecule has 2 aromatic rings. The average Bonchev–Trinajstić information content (AvgIpc) is 3.16. The van der Waals surface area contributed by atoms with Crippen LogP contribution in [0, 0.1) is 0 Å². The minimum Gasteiger partial charge on any atom is -0.507 e. The predicted octanol–water partition coefficient (Wildman–Crippen LogP) is 2.22. The third kappa shape index (κ3) is 4.56. The van der Waals surface area contributed by atoms with E-state index in [0.717, 1.165) is 13.1 Å². The lowest BCUT2D eigenvalue weighted by Gasteiger charge is -2.31. The molecule has 0 unspecified atom stereocenters. The van der Waals surface area contributed by atoms with Crippen molar-refractivity contribution in [3.8, 4) is 17.2 Å². The summed E-state index contributed by atoms with van der Waals surface area (Å²) in [5.41, 5.74) is 1.16. The average molecular weight is 481 g/mol. The highest BCUT2D eigenvalue weighted by molar-refractivity contribution is 6.46. The Balaban J connectivity index is 1.53. The molecule has 0 saturated carbocycles. The Hall–Kier alpha value is -3.56. The molecule has 9 nitrogen and oxygen atoms in total. The number of fused-ring (bicyclic) bond motifs is 1. The van der Waals surface area contributed by atoms with Gasteiger partial charge in [-0.3, -0.25) is 14.5 Å². The Morgan fingerprint density at radius 1 is 0.971 bits per heavy atom. The molecule has 0 spiro atoms. The standard InChI is InChI=1S/C26H28N2O7/c1-32-19-5-2-17(3-6-19)23-22(24(29)18-4-7-20-21(16-18)35-15-14-34-20)25(30)26(31)28(23)9-8-27-10-12-33-13-11-27/h2-7,16,23,29H,8-15H2,1H3/b24-22+/t23-/m1/s1. The summed E-state index contributed by atoms with van der Waals surface area (Å²) < 4.78 is 21.9. The van der Waals surface area contributed by atoms with Crippen LogP contribution >= 0.6 is 0 Å². The molecule has 2 saturated heterocycles. The first-order valence-electron chi connectivity index (χ1n) is 11.7. The highest BCUT2D eigenvalue weighted by Gasteiger charge is 2.46. The molecule has 0 radical (unpaired) electrons. The maximum Gasteiger partial charge on any atom is 0.295 e. The Morgan fingerprint density at radius 3 is 2.40 bits per heavy atom. The fourth-order valence-corrected chi connectivity index (χ4v) is 4.66. The summed E-state index contributed by atoms with van der Waals surface area (Å²) in [6.07, 6.45) is 0. The molecular weight excluding hydrogens is 452 g/mol.